The Labute approximate surface area is 275 Å². The zero-order valence-electron chi connectivity index (χ0n) is 26.6. The van der Waals surface area contributed by atoms with Gasteiger partial charge >= 0.3 is 0 Å². The van der Waals surface area contributed by atoms with Crippen molar-refractivity contribution in [2.24, 2.45) is 0 Å². The van der Waals surface area contributed by atoms with E-state index in [-0.39, 0.29) is 40.6 Å². The molecule has 11 nitrogen and oxygen atoms in total. The van der Waals surface area contributed by atoms with Crippen molar-refractivity contribution < 1.29 is 37.0 Å². The average Bonchev–Trinajstić information content (AvgIpc) is 3.58. The van der Waals surface area contributed by atoms with Crippen molar-refractivity contribution in [2.75, 3.05) is 39.3 Å². The molecule has 0 bridgehead atoms. The van der Waals surface area contributed by atoms with Crippen LogP contribution in [0.25, 0.3) is 0 Å². The monoisotopic (exact) mass is 673 g/mol. The Bertz CT molecular complexity index is 1650. The van der Waals surface area contributed by atoms with Gasteiger partial charge in [0.1, 0.15) is 24.1 Å². The molecule has 1 fully saturated rings. The Morgan fingerprint density at radius 3 is 2.17 bits per heavy atom. The van der Waals surface area contributed by atoms with E-state index in [2.05, 4.69) is 5.32 Å². The van der Waals surface area contributed by atoms with E-state index in [4.69, 9.17) is 30.5 Å². The number of nitrogens with zero attached hydrogens (tertiary/aromatic N) is 2. The van der Waals surface area contributed by atoms with E-state index in [1.165, 1.54) is 57.6 Å². The molecule has 1 N–H and O–H groups in total. The summed E-state index contributed by atoms with van der Waals surface area (Å²) >= 11 is 6.48. The van der Waals surface area contributed by atoms with Gasteiger partial charge in [-0.25, -0.2) is 8.42 Å². The first kappa shape index (κ1) is 34.7. The fraction of sp³-hybridized carbons (Fsp3) is 0.394. The number of halogens is 1. The molecule has 2 amide bonds. The van der Waals surface area contributed by atoms with Crippen LogP contribution in [0.15, 0.2) is 65.6 Å². The van der Waals surface area contributed by atoms with Crippen LogP contribution in [0.1, 0.15) is 38.2 Å². The molecule has 248 valence electrons. The van der Waals surface area contributed by atoms with Crippen LogP contribution in [0.2, 0.25) is 5.02 Å². The maximum atomic E-state index is 14.4. The Morgan fingerprint density at radius 2 is 1.54 bits per heavy atom. The first-order chi connectivity index (χ1) is 22.0. The lowest BCUT2D eigenvalue weighted by atomic mass is 10.1. The van der Waals surface area contributed by atoms with Crippen LogP contribution >= 0.6 is 11.6 Å². The summed E-state index contributed by atoms with van der Waals surface area (Å²) in [6, 6.07) is 14.9. The van der Waals surface area contributed by atoms with Gasteiger partial charge in [0.25, 0.3) is 10.0 Å². The number of anilines is 1. The predicted molar refractivity (Wildman–Crippen MR) is 175 cm³/mol. The molecule has 0 aliphatic heterocycles. The largest absolute Gasteiger partial charge is 0.497 e. The van der Waals surface area contributed by atoms with Gasteiger partial charge in [0.15, 0.2) is 11.5 Å². The quantitative estimate of drug-likeness (QED) is 0.252. The van der Waals surface area contributed by atoms with E-state index in [9.17, 15) is 18.0 Å². The summed E-state index contributed by atoms with van der Waals surface area (Å²) in [5, 5.41) is 3.46. The molecule has 1 atom stereocenters. The number of nitrogens with one attached hydrogen (secondary N) is 1. The Hall–Kier alpha value is -4.16. The highest BCUT2D eigenvalue weighted by atomic mass is 35.5. The molecule has 0 aromatic heterocycles. The van der Waals surface area contributed by atoms with Gasteiger partial charge in [-0.2, -0.15) is 0 Å². The third kappa shape index (κ3) is 7.79. The number of amides is 2. The molecule has 46 heavy (non-hydrogen) atoms. The zero-order valence-corrected chi connectivity index (χ0v) is 28.2. The number of rotatable bonds is 14. The normalized spacial score (nSPS) is 13.9. The number of methoxy groups -OCH3 is 4. The summed E-state index contributed by atoms with van der Waals surface area (Å²) in [6.07, 6.45) is 3.77. The minimum atomic E-state index is -4.46. The lowest BCUT2D eigenvalue weighted by molar-refractivity contribution is -0.139. The third-order valence-corrected chi connectivity index (χ3v) is 10.2. The van der Waals surface area contributed by atoms with Crippen LogP contribution < -0.4 is 28.6 Å². The van der Waals surface area contributed by atoms with Crippen molar-refractivity contribution in [2.45, 2.75) is 56.1 Å². The van der Waals surface area contributed by atoms with Gasteiger partial charge < -0.3 is 29.2 Å². The topological polar surface area (TPSA) is 124 Å². The number of benzene rings is 3. The molecule has 0 spiro atoms. The highest BCUT2D eigenvalue weighted by Gasteiger charge is 2.35. The Kier molecular flexibility index (Phi) is 11.6. The van der Waals surface area contributed by atoms with E-state index in [1.54, 1.807) is 43.3 Å². The highest BCUT2D eigenvalue weighted by Crippen LogP contribution is 2.38. The van der Waals surface area contributed by atoms with Crippen LogP contribution in [-0.2, 0) is 26.2 Å². The summed E-state index contributed by atoms with van der Waals surface area (Å²) in [6.45, 7) is 0.918. The number of sulfonamides is 1. The van der Waals surface area contributed by atoms with Gasteiger partial charge in [0.05, 0.1) is 39.0 Å². The molecular weight excluding hydrogens is 634 g/mol. The van der Waals surface area contributed by atoms with Crippen molar-refractivity contribution >= 4 is 39.1 Å². The Morgan fingerprint density at radius 1 is 0.891 bits per heavy atom. The fourth-order valence-electron chi connectivity index (χ4n) is 5.39. The summed E-state index contributed by atoms with van der Waals surface area (Å²) in [4.78, 5) is 29.0. The Balaban J connectivity index is 1.80. The number of carbonyl (C=O) groups excluding carboxylic acids is 2. The molecule has 1 aliphatic carbocycles. The molecular formula is C33H40ClN3O8S. The number of carbonyl (C=O) groups is 2. The molecule has 0 heterocycles. The fourth-order valence-corrected chi connectivity index (χ4v) is 7.02. The van der Waals surface area contributed by atoms with Crippen LogP contribution in [0.3, 0.4) is 0 Å². The van der Waals surface area contributed by atoms with E-state index < -0.39 is 28.5 Å². The van der Waals surface area contributed by atoms with Gasteiger partial charge in [0.2, 0.25) is 11.8 Å². The van der Waals surface area contributed by atoms with E-state index >= 15 is 0 Å². The van der Waals surface area contributed by atoms with Crippen molar-refractivity contribution in [3.8, 4) is 23.0 Å². The van der Waals surface area contributed by atoms with Gasteiger partial charge in [-0.15, -0.1) is 0 Å². The molecule has 1 saturated carbocycles. The van der Waals surface area contributed by atoms with Crippen molar-refractivity contribution in [3.63, 3.8) is 0 Å². The maximum Gasteiger partial charge on any atom is 0.265 e. The third-order valence-electron chi connectivity index (χ3n) is 8.04. The van der Waals surface area contributed by atoms with Crippen molar-refractivity contribution in [1.82, 2.24) is 10.2 Å². The van der Waals surface area contributed by atoms with Crippen LogP contribution in [0, 0.1) is 0 Å². The van der Waals surface area contributed by atoms with E-state index in [0.717, 1.165) is 30.0 Å². The molecule has 0 saturated heterocycles. The molecule has 1 aliphatic rings. The summed E-state index contributed by atoms with van der Waals surface area (Å²) in [5.74, 6) is 0.0693. The van der Waals surface area contributed by atoms with E-state index in [1.807, 2.05) is 0 Å². The molecule has 1 unspecified atom stereocenters. The minimum Gasteiger partial charge on any atom is -0.497 e. The summed E-state index contributed by atoms with van der Waals surface area (Å²) < 4.78 is 51.4. The van der Waals surface area contributed by atoms with Gasteiger partial charge in [-0.3, -0.25) is 13.9 Å². The number of hydrogen-bond donors (Lipinski definition) is 1. The first-order valence-electron chi connectivity index (χ1n) is 14.8. The standard InChI is InChI=1S/C33H40ClN3O8S/c1-22(33(39)35-24-11-7-8-12-24)36(20-23-10-6-9-13-27(23)34)32(38)21-37(28-18-25(42-2)14-16-29(28)43-3)46(40,41)26-15-17-30(44-4)31(19-26)45-5/h6,9-10,13-19,22,24H,7-8,11-12,20-21H2,1-5H3,(H,35,39). The van der Waals surface area contributed by atoms with E-state index in [0.29, 0.717) is 22.1 Å². The summed E-state index contributed by atoms with van der Waals surface area (Å²) in [5.41, 5.74) is 0.664. The average molecular weight is 674 g/mol. The van der Waals surface area contributed by atoms with Gasteiger partial charge in [-0.05, 0) is 55.7 Å². The van der Waals surface area contributed by atoms with Crippen LogP contribution in [0.4, 0.5) is 5.69 Å². The molecule has 3 aromatic carbocycles. The SMILES string of the molecule is COc1ccc(OC)c(N(CC(=O)N(Cc2ccccc2Cl)C(C)C(=O)NC2CCCC2)S(=O)(=O)c2ccc(OC)c(OC)c2)c1. The second-order valence-electron chi connectivity index (χ2n) is 10.8. The van der Waals surface area contributed by atoms with Crippen molar-refractivity contribution in [3.05, 3.63) is 71.2 Å². The maximum absolute atomic E-state index is 14.4. The van der Waals surface area contributed by atoms with Crippen molar-refractivity contribution in [1.29, 1.82) is 0 Å². The van der Waals surface area contributed by atoms with Gasteiger partial charge in [-0.1, -0.05) is 42.6 Å². The zero-order chi connectivity index (χ0) is 33.4. The predicted octanol–water partition coefficient (Wildman–Crippen LogP) is 5.05. The molecule has 4 rings (SSSR count). The lowest BCUT2D eigenvalue weighted by Gasteiger charge is -2.33. The first-order valence-corrected chi connectivity index (χ1v) is 16.7. The second-order valence-corrected chi connectivity index (χ2v) is 13.1. The molecule has 0 radical (unpaired) electrons. The van der Waals surface area contributed by atoms with Crippen LogP contribution in [-0.4, -0.2) is 72.2 Å². The van der Waals surface area contributed by atoms with Gasteiger partial charge in [0, 0.05) is 29.7 Å². The molecule has 3 aromatic rings. The second kappa shape index (κ2) is 15.4. The number of hydrogen-bond acceptors (Lipinski definition) is 8. The summed E-state index contributed by atoms with van der Waals surface area (Å²) in [7, 11) is 1.22. The number of ether oxygens (including phenoxy) is 4. The minimum absolute atomic E-state index is 0.0233. The highest BCUT2D eigenvalue weighted by molar-refractivity contribution is 7.92. The lowest BCUT2D eigenvalue weighted by Crippen LogP contribution is -2.52. The molecule has 13 heteroatoms. The smallest absolute Gasteiger partial charge is 0.265 e. The van der Waals surface area contributed by atoms with Crippen LogP contribution in [0.5, 0.6) is 23.0 Å².